The number of hydrogen-bond donors (Lipinski definition) is 3. The van der Waals surface area contributed by atoms with Gasteiger partial charge < -0.3 is 16.0 Å². The van der Waals surface area contributed by atoms with Gasteiger partial charge in [0.05, 0.1) is 22.5 Å². The summed E-state index contributed by atoms with van der Waals surface area (Å²) in [6, 6.07) is 5.65. The lowest BCUT2D eigenvalue weighted by Gasteiger charge is -2.31. The fraction of sp³-hybridized carbons (Fsp3) is 0.500. The number of fused-ring (bicyclic) bond motifs is 1. The summed E-state index contributed by atoms with van der Waals surface area (Å²) in [7, 11) is 0. The van der Waals surface area contributed by atoms with Gasteiger partial charge in [0, 0.05) is 18.3 Å². The summed E-state index contributed by atoms with van der Waals surface area (Å²) in [5, 5.41) is 6.87. The van der Waals surface area contributed by atoms with E-state index in [2.05, 4.69) is 20.4 Å². The van der Waals surface area contributed by atoms with Crippen molar-refractivity contribution < 1.29 is 18.0 Å². The van der Waals surface area contributed by atoms with Gasteiger partial charge in [-0.3, -0.25) is 9.48 Å². The van der Waals surface area contributed by atoms with Crippen LogP contribution in [0.15, 0.2) is 30.5 Å². The molecule has 7 nitrogen and oxygen atoms in total. The Bertz CT molecular complexity index is 1100. The molecule has 174 valence electrons. The Balaban J connectivity index is 2.00. The van der Waals surface area contributed by atoms with Crippen molar-refractivity contribution in [2.75, 3.05) is 0 Å². The van der Waals surface area contributed by atoms with Crippen LogP contribution in [-0.2, 0) is 0 Å². The van der Waals surface area contributed by atoms with Crippen LogP contribution in [0, 0.1) is 5.41 Å². The first-order chi connectivity index (χ1) is 14.8. The van der Waals surface area contributed by atoms with Crippen LogP contribution in [0.2, 0.25) is 0 Å². The van der Waals surface area contributed by atoms with Crippen LogP contribution in [0.4, 0.5) is 13.2 Å². The third-order valence-corrected chi connectivity index (χ3v) is 5.56. The van der Waals surface area contributed by atoms with Gasteiger partial charge in [0.2, 0.25) is 0 Å². The summed E-state index contributed by atoms with van der Waals surface area (Å²) in [6.07, 6.45) is -3.36. The molecule has 1 unspecified atom stereocenters. The summed E-state index contributed by atoms with van der Waals surface area (Å²) >= 11 is 0. The number of carbonyl (C=O) groups excluding carboxylic acids is 1. The highest BCUT2D eigenvalue weighted by Gasteiger charge is 2.49. The number of aromatic nitrogens is 4. The Kier molecular flexibility index (Phi) is 6.37. The number of hydrogen-bond acceptors (Lipinski definition) is 4. The molecule has 2 atom stereocenters. The average molecular weight is 451 g/mol. The fourth-order valence-corrected chi connectivity index (χ4v) is 3.48. The number of nitrogens with two attached hydrogens (primary N) is 1. The molecule has 4 N–H and O–H groups in total. The highest BCUT2D eigenvalue weighted by Crippen LogP contribution is 2.43. The van der Waals surface area contributed by atoms with E-state index < -0.39 is 30.0 Å². The first-order valence-electron chi connectivity index (χ1n) is 10.5. The van der Waals surface area contributed by atoms with E-state index in [9.17, 15) is 18.0 Å². The molecule has 1 amide bonds. The van der Waals surface area contributed by atoms with E-state index in [4.69, 9.17) is 5.73 Å². The Labute approximate surface area is 184 Å². The normalized spacial score (nSPS) is 14.7. The maximum atomic E-state index is 13.7. The third kappa shape index (κ3) is 4.79. The lowest BCUT2D eigenvalue weighted by atomic mass is 9.84. The average Bonchev–Trinajstić information content (AvgIpc) is 3.32. The number of benzene rings is 1. The minimum Gasteiger partial charge on any atom is -0.341 e. The molecule has 0 aliphatic rings. The molecular formula is C22H29F3N6O. The summed E-state index contributed by atoms with van der Waals surface area (Å²) in [5.74, 6) is -0.265. The number of aromatic amines is 1. The first kappa shape index (κ1) is 23.8. The Hall–Kier alpha value is -2.88. The molecule has 3 rings (SSSR count). The fourth-order valence-electron chi connectivity index (χ4n) is 3.48. The zero-order valence-electron chi connectivity index (χ0n) is 18.8. The Morgan fingerprint density at radius 3 is 2.50 bits per heavy atom. The molecule has 3 aromatic rings. The van der Waals surface area contributed by atoms with Crippen LogP contribution >= 0.6 is 0 Å². The SMILES string of the molecule is CC(N)c1ccc2nc([C@H](CC(C)(C)C(F)(F)F)NC(=O)c3ccnn3C(C)C)[nH]c2c1. The largest absolute Gasteiger partial charge is 0.394 e. The monoisotopic (exact) mass is 450 g/mol. The van der Waals surface area contributed by atoms with Crippen LogP contribution in [0.25, 0.3) is 11.0 Å². The maximum absolute atomic E-state index is 13.7. The van der Waals surface area contributed by atoms with Crippen LogP contribution in [0.5, 0.6) is 0 Å². The predicted octanol–water partition coefficient (Wildman–Crippen LogP) is 4.81. The van der Waals surface area contributed by atoms with E-state index in [1.165, 1.54) is 16.9 Å². The van der Waals surface area contributed by atoms with E-state index in [1.54, 1.807) is 6.07 Å². The summed E-state index contributed by atoms with van der Waals surface area (Å²) < 4.78 is 42.5. The van der Waals surface area contributed by atoms with Crippen LogP contribution < -0.4 is 11.1 Å². The quantitative estimate of drug-likeness (QED) is 0.481. The number of nitrogens with one attached hydrogen (secondary N) is 2. The maximum Gasteiger partial charge on any atom is 0.394 e. The molecule has 32 heavy (non-hydrogen) atoms. The minimum absolute atomic E-state index is 0.0845. The highest BCUT2D eigenvalue weighted by atomic mass is 19.4. The molecule has 2 heterocycles. The molecule has 1 aromatic carbocycles. The molecule has 0 aliphatic heterocycles. The topological polar surface area (TPSA) is 102 Å². The second kappa shape index (κ2) is 8.57. The van der Waals surface area contributed by atoms with Gasteiger partial charge in [-0.1, -0.05) is 19.9 Å². The van der Waals surface area contributed by atoms with Crippen LogP contribution in [0.1, 0.15) is 81.0 Å². The number of imidazole rings is 1. The zero-order chi connectivity index (χ0) is 23.8. The smallest absolute Gasteiger partial charge is 0.341 e. The molecule has 0 saturated carbocycles. The number of carbonyl (C=O) groups is 1. The summed E-state index contributed by atoms with van der Waals surface area (Å²) in [6.45, 7) is 7.79. The molecule has 10 heteroatoms. The molecule has 2 aromatic heterocycles. The third-order valence-electron chi connectivity index (χ3n) is 5.56. The van der Waals surface area contributed by atoms with Gasteiger partial charge in [-0.15, -0.1) is 0 Å². The van der Waals surface area contributed by atoms with Crippen molar-refractivity contribution in [1.29, 1.82) is 0 Å². The van der Waals surface area contributed by atoms with Gasteiger partial charge >= 0.3 is 6.18 Å². The molecular weight excluding hydrogens is 421 g/mol. The second-order valence-corrected chi connectivity index (χ2v) is 9.05. The molecule has 0 spiro atoms. The van der Waals surface area contributed by atoms with Gasteiger partial charge in [0.1, 0.15) is 11.5 Å². The second-order valence-electron chi connectivity index (χ2n) is 9.05. The van der Waals surface area contributed by atoms with Crippen molar-refractivity contribution in [3.8, 4) is 0 Å². The van der Waals surface area contributed by atoms with Gasteiger partial charge in [0.15, 0.2) is 0 Å². The van der Waals surface area contributed by atoms with Crippen molar-refractivity contribution in [2.24, 2.45) is 11.1 Å². The van der Waals surface area contributed by atoms with Gasteiger partial charge in [0.25, 0.3) is 5.91 Å². The molecule has 0 fully saturated rings. The number of amides is 1. The van der Waals surface area contributed by atoms with Gasteiger partial charge in [-0.25, -0.2) is 4.98 Å². The van der Waals surface area contributed by atoms with Crippen molar-refractivity contribution in [3.63, 3.8) is 0 Å². The molecule has 0 radical (unpaired) electrons. The van der Waals surface area contributed by atoms with Crippen LogP contribution in [-0.4, -0.2) is 31.8 Å². The highest BCUT2D eigenvalue weighted by molar-refractivity contribution is 5.92. The van der Waals surface area contributed by atoms with Gasteiger partial charge in [-0.05, 0) is 51.0 Å². The van der Waals surface area contributed by atoms with Gasteiger partial charge in [-0.2, -0.15) is 18.3 Å². The van der Waals surface area contributed by atoms with Crippen molar-refractivity contribution >= 4 is 16.9 Å². The summed E-state index contributed by atoms with van der Waals surface area (Å²) in [5.41, 5.74) is 6.24. The number of halogens is 3. The van der Waals surface area contributed by atoms with E-state index in [0.29, 0.717) is 11.0 Å². The number of nitrogens with zero attached hydrogens (tertiary/aromatic N) is 3. The van der Waals surface area contributed by atoms with E-state index in [1.807, 2.05) is 32.9 Å². The standard InChI is InChI=1S/C22H29F3N6O/c1-12(2)31-18(8-9-27-31)20(32)30-17(11-21(4,5)22(23,24)25)19-28-15-7-6-14(13(3)26)10-16(15)29-19/h6-10,12-13,17H,11,26H2,1-5H3,(H,28,29)(H,30,32)/t13?,17-/m0/s1. The van der Waals surface area contributed by atoms with Crippen LogP contribution in [0.3, 0.4) is 0 Å². The Morgan fingerprint density at radius 1 is 1.22 bits per heavy atom. The molecule has 0 bridgehead atoms. The number of rotatable bonds is 7. The van der Waals surface area contributed by atoms with E-state index in [-0.39, 0.29) is 23.6 Å². The van der Waals surface area contributed by atoms with Crippen molar-refractivity contribution in [3.05, 3.63) is 47.5 Å². The number of alkyl halides is 3. The Morgan fingerprint density at radius 2 is 1.91 bits per heavy atom. The zero-order valence-corrected chi connectivity index (χ0v) is 18.8. The minimum atomic E-state index is -4.45. The van der Waals surface area contributed by atoms with Crippen molar-refractivity contribution in [2.45, 2.75) is 65.3 Å². The molecule has 0 aliphatic carbocycles. The van der Waals surface area contributed by atoms with E-state index in [0.717, 1.165) is 19.4 Å². The predicted molar refractivity (Wildman–Crippen MR) is 116 cm³/mol. The lowest BCUT2D eigenvalue weighted by molar-refractivity contribution is -0.215. The first-order valence-corrected chi connectivity index (χ1v) is 10.5. The van der Waals surface area contributed by atoms with Crippen molar-refractivity contribution in [1.82, 2.24) is 25.1 Å². The number of H-pyrrole nitrogens is 1. The van der Waals surface area contributed by atoms with E-state index >= 15 is 0 Å². The molecule has 0 saturated heterocycles. The lowest BCUT2D eigenvalue weighted by Crippen LogP contribution is -2.39. The summed E-state index contributed by atoms with van der Waals surface area (Å²) in [4.78, 5) is 20.6.